The van der Waals surface area contributed by atoms with E-state index in [2.05, 4.69) is 10.3 Å². The van der Waals surface area contributed by atoms with Crippen molar-refractivity contribution in [1.82, 2.24) is 4.98 Å². The van der Waals surface area contributed by atoms with Gasteiger partial charge in [-0.05, 0) is 18.6 Å². The van der Waals surface area contributed by atoms with Gasteiger partial charge in [-0.25, -0.2) is 4.98 Å². The van der Waals surface area contributed by atoms with Crippen molar-refractivity contribution in [1.29, 1.82) is 5.26 Å². The highest BCUT2D eigenvalue weighted by atomic mass is 16.4. The molecule has 5 heteroatoms. The van der Waals surface area contributed by atoms with E-state index in [0.717, 1.165) is 5.69 Å². The summed E-state index contributed by atoms with van der Waals surface area (Å²) < 4.78 is 0. The molecule has 84 valence electrons. The maximum absolute atomic E-state index is 10.8. The monoisotopic (exact) mass is 219 g/mol. The Hall–Kier alpha value is -2.09. The van der Waals surface area contributed by atoms with Crippen molar-refractivity contribution >= 4 is 11.7 Å². The lowest BCUT2D eigenvalue weighted by Crippen LogP contribution is -2.22. The second kappa shape index (κ2) is 5.71. The number of hydrogen-bond acceptors (Lipinski definition) is 4. The molecule has 1 unspecified atom stereocenters. The minimum absolute atomic E-state index is 0.343. The van der Waals surface area contributed by atoms with Gasteiger partial charge in [0.15, 0.2) is 0 Å². The van der Waals surface area contributed by atoms with Crippen molar-refractivity contribution < 1.29 is 9.90 Å². The van der Waals surface area contributed by atoms with Crippen LogP contribution in [0.5, 0.6) is 0 Å². The van der Waals surface area contributed by atoms with Crippen molar-refractivity contribution in [3.05, 3.63) is 24.0 Å². The number of hydrogen-bond donors (Lipinski definition) is 2. The first-order valence-corrected chi connectivity index (χ1v) is 5.00. The average molecular weight is 219 g/mol. The Morgan fingerprint density at radius 3 is 2.88 bits per heavy atom. The van der Waals surface area contributed by atoms with Crippen molar-refractivity contribution in [2.45, 2.75) is 13.3 Å². The summed E-state index contributed by atoms with van der Waals surface area (Å²) in [6.07, 6.45) is 2.10. The molecule has 5 nitrogen and oxygen atoms in total. The van der Waals surface area contributed by atoms with E-state index in [4.69, 9.17) is 10.4 Å². The molecule has 0 fully saturated rings. The average Bonchev–Trinajstić information content (AvgIpc) is 2.30. The highest BCUT2D eigenvalue weighted by Crippen LogP contribution is 2.08. The summed E-state index contributed by atoms with van der Waals surface area (Å²) in [6.45, 7) is 2.19. The predicted octanol–water partition coefficient (Wildman–Crippen LogP) is 1.48. The Morgan fingerprint density at radius 2 is 2.44 bits per heavy atom. The summed E-state index contributed by atoms with van der Waals surface area (Å²) in [4.78, 5) is 14.6. The van der Waals surface area contributed by atoms with Crippen LogP contribution in [0.4, 0.5) is 5.69 Å². The quantitative estimate of drug-likeness (QED) is 0.783. The standard InChI is InChI=1S/C11H13N3O2/c1-2-8(11(15)16)6-13-10-4-3-9(5-12)14-7-10/h3-4,7-8,13H,2,6H2,1H3,(H,15,16). The Morgan fingerprint density at radius 1 is 1.69 bits per heavy atom. The van der Waals surface area contributed by atoms with Crippen LogP contribution in [-0.4, -0.2) is 22.6 Å². The third-order valence-corrected chi connectivity index (χ3v) is 2.27. The van der Waals surface area contributed by atoms with Gasteiger partial charge in [-0.15, -0.1) is 0 Å². The molecule has 16 heavy (non-hydrogen) atoms. The molecule has 1 heterocycles. The van der Waals surface area contributed by atoms with Gasteiger partial charge in [0.05, 0.1) is 17.8 Å². The Balaban J connectivity index is 2.54. The number of carbonyl (C=O) groups is 1. The van der Waals surface area contributed by atoms with Crippen LogP contribution >= 0.6 is 0 Å². The molecule has 0 aliphatic carbocycles. The van der Waals surface area contributed by atoms with E-state index in [9.17, 15) is 4.79 Å². The van der Waals surface area contributed by atoms with E-state index in [1.54, 1.807) is 12.1 Å². The molecule has 1 aromatic heterocycles. The van der Waals surface area contributed by atoms with E-state index in [-0.39, 0.29) is 0 Å². The van der Waals surface area contributed by atoms with E-state index in [1.807, 2.05) is 13.0 Å². The third-order valence-electron chi connectivity index (χ3n) is 2.27. The molecule has 0 aliphatic heterocycles. The van der Waals surface area contributed by atoms with E-state index >= 15 is 0 Å². The minimum atomic E-state index is -0.809. The molecule has 1 aromatic rings. The molecule has 0 spiro atoms. The number of aliphatic carboxylic acids is 1. The SMILES string of the molecule is CCC(CNc1ccc(C#N)nc1)C(=O)O. The van der Waals surface area contributed by atoms with Crippen molar-refractivity contribution in [2.24, 2.45) is 5.92 Å². The van der Waals surface area contributed by atoms with E-state index in [0.29, 0.717) is 18.7 Å². The number of anilines is 1. The predicted molar refractivity (Wildman–Crippen MR) is 58.9 cm³/mol. The Kier molecular flexibility index (Phi) is 4.28. The Labute approximate surface area is 93.7 Å². The first-order valence-electron chi connectivity index (χ1n) is 5.00. The van der Waals surface area contributed by atoms with Crippen molar-refractivity contribution in [3.8, 4) is 6.07 Å². The number of carboxylic acid groups (broad SMARTS) is 1. The molecule has 0 amide bonds. The van der Waals surface area contributed by atoms with E-state index in [1.165, 1.54) is 6.20 Å². The van der Waals surface area contributed by atoms with Gasteiger partial charge in [0, 0.05) is 6.54 Å². The first kappa shape index (κ1) is 12.0. The fourth-order valence-corrected chi connectivity index (χ4v) is 1.21. The smallest absolute Gasteiger partial charge is 0.308 e. The minimum Gasteiger partial charge on any atom is -0.481 e. The van der Waals surface area contributed by atoms with Gasteiger partial charge in [-0.3, -0.25) is 4.79 Å². The van der Waals surface area contributed by atoms with Crippen LogP contribution in [0.1, 0.15) is 19.0 Å². The van der Waals surface area contributed by atoms with Crippen LogP contribution < -0.4 is 5.32 Å². The van der Waals surface area contributed by atoms with Gasteiger partial charge in [-0.2, -0.15) is 5.26 Å². The highest BCUT2D eigenvalue weighted by Gasteiger charge is 2.14. The molecule has 2 N–H and O–H groups in total. The molecule has 0 saturated carbocycles. The lowest BCUT2D eigenvalue weighted by molar-refractivity contribution is -0.141. The zero-order valence-electron chi connectivity index (χ0n) is 8.97. The number of nitrogens with one attached hydrogen (secondary N) is 1. The summed E-state index contributed by atoms with van der Waals surface area (Å²) in [7, 11) is 0. The summed E-state index contributed by atoms with van der Waals surface area (Å²) >= 11 is 0. The lowest BCUT2D eigenvalue weighted by Gasteiger charge is -2.11. The topological polar surface area (TPSA) is 86.0 Å². The van der Waals surface area contributed by atoms with Crippen molar-refractivity contribution in [3.63, 3.8) is 0 Å². The molecule has 1 atom stereocenters. The van der Waals surface area contributed by atoms with E-state index < -0.39 is 11.9 Å². The second-order valence-electron chi connectivity index (χ2n) is 3.37. The number of nitrogens with zero attached hydrogens (tertiary/aromatic N) is 2. The summed E-state index contributed by atoms with van der Waals surface area (Å²) in [5.41, 5.74) is 1.06. The van der Waals surface area contributed by atoms with Gasteiger partial charge in [0.2, 0.25) is 0 Å². The fraction of sp³-hybridized carbons (Fsp3) is 0.364. The summed E-state index contributed by atoms with van der Waals surface area (Å²) in [5.74, 6) is -1.22. The highest BCUT2D eigenvalue weighted by molar-refractivity contribution is 5.70. The molecule has 1 rings (SSSR count). The van der Waals surface area contributed by atoms with Crippen LogP contribution in [0.25, 0.3) is 0 Å². The fourth-order valence-electron chi connectivity index (χ4n) is 1.21. The summed E-state index contributed by atoms with van der Waals surface area (Å²) in [6, 6.07) is 5.21. The number of rotatable bonds is 5. The lowest BCUT2D eigenvalue weighted by atomic mass is 10.1. The number of carboxylic acids is 1. The second-order valence-corrected chi connectivity index (χ2v) is 3.37. The molecule has 0 bridgehead atoms. The zero-order chi connectivity index (χ0) is 12.0. The molecule has 0 saturated heterocycles. The third kappa shape index (κ3) is 3.24. The zero-order valence-corrected chi connectivity index (χ0v) is 8.97. The largest absolute Gasteiger partial charge is 0.481 e. The molecular weight excluding hydrogens is 206 g/mol. The van der Waals surface area contributed by atoms with Crippen LogP contribution in [0, 0.1) is 17.2 Å². The normalized spacial score (nSPS) is 11.5. The molecule has 0 aromatic carbocycles. The maximum atomic E-state index is 10.8. The maximum Gasteiger partial charge on any atom is 0.308 e. The van der Waals surface area contributed by atoms with Crippen LogP contribution in [0.3, 0.4) is 0 Å². The van der Waals surface area contributed by atoms with Crippen molar-refractivity contribution in [2.75, 3.05) is 11.9 Å². The van der Waals surface area contributed by atoms with Gasteiger partial charge in [0.25, 0.3) is 0 Å². The van der Waals surface area contributed by atoms with Crippen LogP contribution in [0.15, 0.2) is 18.3 Å². The first-order chi connectivity index (χ1) is 7.67. The van der Waals surface area contributed by atoms with Crippen LogP contribution in [0.2, 0.25) is 0 Å². The van der Waals surface area contributed by atoms with Crippen LogP contribution in [-0.2, 0) is 4.79 Å². The summed E-state index contributed by atoms with van der Waals surface area (Å²) in [5, 5.41) is 20.4. The molecule has 0 radical (unpaired) electrons. The molecular formula is C11H13N3O2. The number of aromatic nitrogens is 1. The van der Waals surface area contributed by atoms with Gasteiger partial charge >= 0.3 is 5.97 Å². The number of pyridine rings is 1. The van der Waals surface area contributed by atoms with Gasteiger partial charge in [0.1, 0.15) is 11.8 Å². The van der Waals surface area contributed by atoms with Gasteiger partial charge < -0.3 is 10.4 Å². The molecule has 0 aliphatic rings. The van der Waals surface area contributed by atoms with Gasteiger partial charge in [-0.1, -0.05) is 6.92 Å². The Bertz CT molecular complexity index is 395. The number of nitriles is 1.